The van der Waals surface area contributed by atoms with Crippen LogP contribution in [0.3, 0.4) is 0 Å². The number of benzene rings is 2. The second-order valence-electron chi connectivity index (χ2n) is 6.74. The van der Waals surface area contributed by atoms with Crippen LogP contribution in [0.5, 0.6) is 5.75 Å². The van der Waals surface area contributed by atoms with Crippen LogP contribution in [0.2, 0.25) is 0 Å². The van der Waals surface area contributed by atoms with Gasteiger partial charge in [-0.2, -0.15) is 0 Å². The number of aryl methyl sites for hydroxylation is 1. The fraction of sp³-hybridized carbons (Fsp3) is 0.217. The zero-order valence-corrected chi connectivity index (χ0v) is 16.0. The number of aromatic nitrogens is 1. The number of nitrogens with zero attached hydrogens (tertiary/aromatic N) is 2. The smallest absolute Gasteiger partial charge is 0.337 e. The van der Waals surface area contributed by atoms with Gasteiger partial charge in [0, 0.05) is 43.0 Å². The normalized spacial score (nSPS) is 14.0. The van der Waals surface area contributed by atoms with Crippen molar-refractivity contribution in [3.8, 4) is 5.75 Å². The Hall–Kier alpha value is -3.34. The van der Waals surface area contributed by atoms with Gasteiger partial charge in [0.15, 0.2) is 0 Å². The summed E-state index contributed by atoms with van der Waals surface area (Å²) in [4.78, 5) is 17.0. The highest BCUT2D eigenvalue weighted by atomic mass is 16.5. The average Bonchev–Trinajstić information content (AvgIpc) is 3.06. The number of carbonyl (C=O) groups is 1. The van der Waals surface area contributed by atoms with Gasteiger partial charge in [0.2, 0.25) is 0 Å². The van der Waals surface area contributed by atoms with Gasteiger partial charge in [0.05, 0.1) is 18.4 Å². The lowest BCUT2D eigenvalue weighted by atomic mass is 9.96. The van der Waals surface area contributed by atoms with Gasteiger partial charge in [-0.25, -0.2) is 4.79 Å². The molecule has 0 unspecified atom stereocenters. The molecule has 0 radical (unpaired) electrons. The highest BCUT2D eigenvalue weighted by Crippen LogP contribution is 2.30. The van der Waals surface area contributed by atoms with Crippen molar-refractivity contribution in [2.45, 2.75) is 13.0 Å². The molecule has 142 valence electrons. The zero-order chi connectivity index (χ0) is 19.5. The van der Waals surface area contributed by atoms with Gasteiger partial charge in [0.1, 0.15) is 12.4 Å². The molecule has 4 rings (SSSR count). The van der Waals surface area contributed by atoms with E-state index in [0.717, 1.165) is 34.6 Å². The van der Waals surface area contributed by atoms with Crippen molar-refractivity contribution < 1.29 is 14.3 Å². The molecule has 28 heavy (non-hydrogen) atoms. The fourth-order valence-corrected chi connectivity index (χ4v) is 3.47. The first-order valence-electron chi connectivity index (χ1n) is 9.26. The molecule has 1 aromatic heterocycles. The molecule has 0 spiro atoms. The quantitative estimate of drug-likeness (QED) is 0.653. The van der Waals surface area contributed by atoms with E-state index in [-0.39, 0.29) is 5.97 Å². The largest absolute Gasteiger partial charge is 0.488 e. The second-order valence-corrected chi connectivity index (χ2v) is 6.74. The summed E-state index contributed by atoms with van der Waals surface area (Å²) < 4.78 is 13.0. The summed E-state index contributed by atoms with van der Waals surface area (Å²) in [5, 5.41) is 0. The molecular formula is C23H22N2O3. The van der Waals surface area contributed by atoms with Gasteiger partial charge in [-0.3, -0.25) is 4.99 Å². The van der Waals surface area contributed by atoms with Crippen molar-refractivity contribution in [1.82, 2.24) is 4.57 Å². The van der Waals surface area contributed by atoms with Crippen molar-refractivity contribution in [2.24, 2.45) is 12.0 Å². The molecular weight excluding hydrogens is 352 g/mol. The number of hydrogen-bond donors (Lipinski definition) is 0. The minimum Gasteiger partial charge on any atom is -0.488 e. The van der Waals surface area contributed by atoms with Gasteiger partial charge in [-0.1, -0.05) is 24.3 Å². The van der Waals surface area contributed by atoms with E-state index in [9.17, 15) is 4.79 Å². The molecule has 2 heterocycles. The third-order valence-corrected chi connectivity index (χ3v) is 5.00. The first kappa shape index (κ1) is 18.0. The molecule has 0 saturated carbocycles. The third kappa shape index (κ3) is 3.43. The van der Waals surface area contributed by atoms with Crippen LogP contribution in [0.25, 0.3) is 0 Å². The van der Waals surface area contributed by atoms with Gasteiger partial charge < -0.3 is 14.0 Å². The molecule has 0 N–H and O–H groups in total. The summed E-state index contributed by atoms with van der Waals surface area (Å²) >= 11 is 0. The maximum absolute atomic E-state index is 12.0. The molecule has 0 aliphatic carbocycles. The topological polar surface area (TPSA) is 52.8 Å². The number of methoxy groups -OCH3 is 1. The zero-order valence-electron chi connectivity index (χ0n) is 16.0. The second kappa shape index (κ2) is 7.72. The number of hydrogen-bond acceptors (Lipinski definition) is 4. The van der Waals surface area contributed by atoms with Gasteiger partial charge in [0.25, 0.3) is 0 Å². The summed E-state index contributed by atoms with van der Waals surface area (Å²) in [5.41, 5.74) is 5.50. The lowest BCUT2D eigenvalue weighted by Gasteiger charge is -2.11. The van der Waals surface area contributed by atoms with Gasteiger partial charge >= 0.3 is 5.97 Å². The number of rotatable bonds is 4. The van der Waals surface area contributed by atoms with Crippen molar-refractivity contribution in [1.29, 1.82) is 0 Å². The van der Waals surface area contributed by atoms with Crippen molar-refractivity contribution in [3.63, 3.8) is 0 Å². The van der Waals surface area contributed by atoms with E-state index in [1.807, 2.05) is 43.6 Å². The Morgan fingerprint density at radius 2 is 2.00 bits per heavy atom. The SMILES string of the molecule is COC(=O)c1ccc2c(c1)/C(=N/CCc1cccn1C)c1ccccc1CO2. The standard InChI is InChI=1S/C23H22N2O3/c1-25-13-5-7-18(25)11-12-24-22-19-8-4-3-6-17(19)15-28-21-10-9-16(14-20(21)22)23(26)27-2/h3-10,13-14H,11-12,15H2,1-2H3/b24-22+. The first-order valence-corrected chi connectivity index (χ1v) is 9.26. The average molecular weight is 374 g/mol. The predicted molar refractivity (Wildman–Crippen MR) is 108 cm³/mol. The van der Waals surface area contributed by atoms with Crippen molar-refractivity contribution in [3.05, 3.63) is 88.7 Å². The van der Waals surface area contributed by atoms with Crippen molar-refractivity contribution >= 4 is 11.7 Å². The maximum Gasteiger partial charge on any atom is 0.337 e. The Bertz CT molecular complexity index is 1050. The van der Waals surface area contributed by atoms with Crippen LogP contribution in [0.1, 0.15) is 32.7 Å². The van der Waals surface area contributed by atoms with Gasteiger partial charge in [-0.15, -0.1) is 0 Å². The van der Waals surface area contributed by atoms with E-state index in [0.29, 0.717) is 18.7 Å². The molecule has 5 nitrogen and oxygen atoms in total. The Kier molecular flexibility index (Phi) is 4.98. The van der Waals surface area contributed by atoms with E-state index in [1.165, 1.54) is 12.8 Å². The summed E-state index contributed by atoms with van der Waals surface area (Å²) in [7, 11) is 3.42. The van der Waals surface area contributed by atoms with E-state index in [2.05, 4.69) is 22.8 Å². The van der Waals surface area contributed by atoms with Crippen LogP contribution < -0.4 is 4.74 Å². The van der Waals surface area contributed by atoms with Crippen LogP contribution in [0.4, 0.5) is 0 Å². The third-order valence-electron chi connectivity index (χ3n) is 5.00. The molecule has 0 fully saturated rings. The van der Waals surface area contributed by atoms with Crippen LogP contribution in [0.15, 0.2) is 65.8 Å². The van der Waals surface area contributed by atoms with Crippen LogP contribution in [0, 0.1) is 0 Å². The molecule has 2 aromatic carbocycles. The number of aliphatic imine (C=N–C) groups is 1. The summed E-state index contributed by atoms with van der Waals surface area (Å²) in [5.74, 6) is 0.352. The highest BCUT2D eigenvalue weighted by Gasteiger charge is 2.22. The minimum atomic E-state index is -0.372. The highest BCUT2D eigenvalue weighted by molar-refractivity contribution is 6.16. The molecule has 3 aromatic rings. The lowest BCUT2D eigenvalue weighted by Crippen LogP contribution is -2.09. The monoisotopic (exact) mass is 374 g/mol. The lowest BCUT2D eigenvalue weighted by molar-refractivity contribution is 0.0600. The number of esters is 1. The Morgan fingerprint density at radius 1 is 1.14 bits per heavy atom. The number of carbonyl (C=O) groups excluding carboxylic acids is 1. The van der Waals surface area contributed by atoms with E-state index < -0.39 is 0 Å². The maximum atomic E-state index is 12.0. The van der Waals surface area contributed by atoms with E-state index in [4.69, 9.17) is 14.5 Å². The first-order chi connectivity index (χ1) is 13.7. The number of fused-ring (bicyclic) bond motifs is 2. The predicted octanol–water partition coefficient (Wildman–Crippen LogP) is 3.78. The number of ether oxygens (including phenoxy) is 2. The summed E-state index contributed by atoms with van der Waals surface area (Å²) in [6.45, 7) is 1.11. The van der Waals surface area contributed by atoms with Crippen LogP contribution in [-0.4, -0.2) is 29.9 Å². The minimum absolute atomic E-state index is 0.372. The van der Waals surface area contributed by atoms with Crippen LogP contribution in [-0.2, 0) is 24.8 Å². The van der Waals surface area contributed by atoms with Gasteiger partial charge in [-0.05, 0) is 35.9 Å². The molecule has 0 atom stereocenters. The molecule has 1 aliphatic rings. The Morgan fingerprint density at radius 3 is 2.79 bits per heavy atom. The Labute approximate surface area is 164 Å². The van der Waals surface area contributed by atoms with E-state index >= 15 is 0 Å². The van der Waals surface area contributed by atoms with Crippen LogP contribution >= 0.6 is 0 Å². The van der Waals surface area contributed by atoms with Crippen molar-refractivity contribution in [2.75, 3.05) is 13.7 Å². The summed E-state index contributed by atoms with van der Waals surface area (Å²) in [6, 6.07) is 17.6. The molecule has 0 amide bonds. The Balaban J connectivity index is 1.77. The molecule has 0 saturated heterocycles. The fourth-order valence-electron chi connectivity index (χ4n) is 3.47. The summed E-state index contributed by atoms with van der Waals surface area (Å²) in [6.07, 6.45) is 2.87. The van der Waals surface area contributed by atoms with E-state index in [1.54, 1.807) is 6.07 Å². The molecule has 5 heteroatoms. The molecule has 0 bridgehead atoms. The molecule has 1 aliphatic heterocycles.